The van der Waals surface area contributed by atoms with Gasteiger partial charge in [-0.25, -0.2) is 0 Å². The number of nitrogens with zero attached hydrogens (tertiary/aromatic N) is 1. The smallest absolute Gasteiger partial charge is 0.266 e. The molecule has 0 bridgehead atoms. The number of halogens is 2. The normalized spacial score (nSPS) is 10.9. The van der Waals surface area contributed by atoms with Gasteiger partial charge in [0.2, 0.25) is 0 Å². The lowest BCUT2D eigenvalue weighted by Crippen LogP contribution is -2.13. The highest BCUT2D eigenvalue weighted by Gasteiger charge is 2.13. The summed E-state index contributed by atoms with van der Waals surface area (Å²) in [6.07, 6.45) is 1.50. The van der Waals surface area contributed by atoms with Crippen molar-refractivity contribution in [1.29, 1.82) is 5.26 Å². The van der Waals surface area contributed by atoms with Crippen LogP contribution in [0.15, 0.2) is 76.8 Å². The minimum atomic E-state index is -0.546. The Labute approximate surface area is 188 Å². The predicted molar refractivity (Wildman–Crippen MR) is 123 cm³/mol. The highest BCUT2D eigenvalue weighted by atomic mass is 79.9. The van der Waals surface area contributed by atoms with Crippen molar-refractivity contribution in [3.63, 3.8) is 0 Å². The van der Waals surface area contributed by atoms with Crippen LogP contribution < -0.4 is 10.1 Å². The van der Waals surface area contributed by atoms with Gasteiger partial charge in [0.05, 0.1) is 10.7 Å². The molecule has 150 valence electrons. The molecule has 3 rings (SSSR count). The summed E-state index contributed by atoms with van der Waals surface area (Å²) in [6, 6.07) is 22.3. The number of carbonyl (C=O) groups excluding carboxylic acids is 1. The van der Waals surface area contributed by atoms with Gasteiger partial charge in [0.15, 0.2) is 0 Å². The Bertz CT molecular complexity index is 1150. The minimum Gasteiger partial charge on any atom is -0.488 e. The second kappa shape index (κ2) is 10.1. The van der Waals surface area contributed by atoms with E-state index in [1.165, 1.54) is 6.08 Å². The quantitative estimate of drug-likeness (QED) is 0.321. The maximum absolute atomic E-state index is 12.6. The first-order valence-corrected chi connectivity index (χ1v) is 10.3. The molecule has 1 N–H and O–H groups in total. The SMILES string of the molecule is Cc1cccc(COc2ccc(Br)cc2/C=C(\C#N)C(=O)Nc2ccccc2Cl)c1. The zero-order valence-electron chi connectivity index (χ0n) is 16.2. The van der Waals surface area contributed by atoms with Crippen molar-refractivity contribution in [3.05, 3.63) is 98.5 Å². The van der Waals surface area contributed by atoms with E-state index < -0.39 is 5.91 Å². The Balaban J connectivity index is 1.84. The highest BCUT2D eigenvalue weighted by Crippen LogP contribution is 2.27. The molecule has 4 nitrogen and oxygen atoms in total. The van der Waals surface area contributed by atoms with E-state index >= 15 is 0 Å². The Hall–Kier alpha value is -3.07. The van der Waals surface area contributed by atoms with E-state index in [9.17, 15) is 10.1 Å². The van der Waals surface area contributed by atoms with Gasteiger partial charge in [0.25, 0.3) is 5.91 Å². The number of anilines is 1. The van der Waals surface area contributed by atoms with Gasteiger partial charge < -0.3 is 10.1 Å². The van der Waals surface area contributed by atoms with Gasteiger partial charge in [0.1, 0.15) is 24.0 Å². The number of rotatable bonds is 6. The van der Waals surface area contributed by atoms with E-state index in [-0.39, 0.29) is 5.57 Å². The van der Waals surface area contributed by atoms with Gasteiger partial charge in [-0.2, -0.15) is 5.26 Å². The standard InChI is InChI=1S/C24H18BrClN2O2/c1-16-5-4-6-17(11-16)15-30-23-10-9-20(25)13-18(23)12-19(14-27)24(29)28-22-8-3-2-7-21(22)26/h2-13H,15H2,1H3,(H,28,29)/b19-12+. The van der Waals surface area contributed by atoms with Crippen LogP contribution >= 0.6 is 27.5 Å². The molecule has 3 aromatic carbocycles. The lowest BCUT2D eigenvalue weighted by Gasteiger charge is -2.11. The summed E-state index contributed by atoms with van der Waals surface area (Å²) in [5.41, 5.74) is 3.17. The lowest BCUT2D eigenvalue weighted by atomic mass is 10.1. The van der Waals surface area contributed by atoms with E-state index in [2.05, 4.69) is 21.2 Å². The minimum absolute atomic E-state index is 0.0616. The van der Waals surface area contributed by atoms with Crippen molar-refractivity contribution in [3.8, 4) is 11.8 Å². The van der Waals surface area contributed by atoms with E-state index in [0.29, 0.717) is 28.6 Å². The first-order chi connectivity index (χ1) is 14.5. The molecule has 0 aliphatic rings. The third kappa shape index (κ3) is 5.73. The Morgan fingerprint density at radius 2 is 1.97 bits per heavy atom. The first kappa shape index (κ1) is 21.6. The van der Waals surface area contributed by atoms with Crippen LogP contribution in [0.3, 0.4) is 0 Å². The van der Waals surface area contributed by atoms with Crippen LogP contribution in [-0.4, -0.2) is 5.91 Å². The molecule has 0 atom stereocenters. The fraction of sp³-hybridized carbons (Fsp3) is 0.0833. The number of para-hydroxylation sites is 1. The molecule has 0 saturated heterocycles. The third-order valence-electron chi connectivity index (χ3n) is 4.24. The first-order valence-electron chi connectivity index (χ1n) is 9.12. The number of nitrogens with one attached hydrogen (secondary N) is 1. The average molecular weight is 482 g/mol. The summed E-state index contributed by atoms with van der Waals surface area (Å²) in [6.45, 7) is 2.39. The molecule has 0 saturated carbocycles. The second-order valence-electron chi connectivity index (χ2n) is 6.56. The summed E-state index contributed by atoms with van der Waals surface area (Å²) in [7, 11) is 0. The summed E-state index contributed by atoms with van der Waals surface area (Å²) in [4.78, 5) is 12.6. The number of hydrogen-bond acceptors (Lipinski definition) is 3. The summed E-state index contributed by atoms with van der Waals surface area (Å²) in [5.74, 6) is 0.0215. The third-order valence-corrected chi connectivity index (χ3v) is 5.06. The summed E-state index contributed by atoms with van der Waals surface area (Å²) >= 11 is 9.52. The van der Waals surface area contributed by atoms with Crippen LogP contribution in [0.2, 0.25) is 5.02 Å². The number of carbonyl (C=O) groups is 1. The van der Waals surface area contributed by atoms with Crippen molar-refractivity contribution in [2.24, 2.45) is 0 Å². The van der Waals surface area contributed by atoms with E-state index in [0.717, 1.165) is 15.6 Å². The van der Waals surface area contributed by atoms with Gasteiger partial charge in [-0.05, 0) is 48.9 Å². The summed E-state index contributed by atoms with van der Waals surface area (Å²) < 4.78 is 6.77. The van der Waals surface area contributed by atoms with Crippen LogP contribution in [0.25, 0.3) is 6.08 Å². The maximum Gasteiger partial charge on any atom is 0.266 e. The zero-order valence-corrected chi connectivity index (χ0v) is 18.5. The van der Waals surface area contributed by atoms with Crippen LogP contribution in [0.1, 0.15) is 16.7 Å². The molecule has 30 heavy (non-hydrogen) atoms. The second-order valence-corrected chi connectivity index (χ2v) is 7.89. The molecule has 6 heteroatoms. The molecule has 0 fully saturated rings. The number of benzene rings is 3. The largest absolute Gasteiger partial charge is 0.488 e. The average Bonchev–Trinajstić information content (AvgIpc) is 2.73. The monoisotopic (exact) mass is 480 g/mol. The lowest BCUT2D eigenvalue weighted by molar-refractivity contribution is -0.112. The van der Waals surface area contributed by atoms with E-state index in [4.69, 9.17) is 16.3 Å². The molecule has 1 amide bonds. The van der Waals surface area contributed by atoms with Crippen molar-refractivity contribution < 1.29 is 9.53 Å². The van der Waals surface area contributed by atoms with Crippen LogP contribution in [-0.2, 0) is 11.4 Å². The number of hydrogen-bond donors (Lipinski definition) is 1. The fourth-order valence-corrected chi connectivity index (χ4v) is 3.34. The number of aryl methyl sites for hydroxylation is 1. The number of nitriles is 1. The molecular weight excluding hydrogens is 464 g/mol. The Morgan fingerprint density at radius 3 is 2.70 bits per heavy atom. The van der Waals surface area contributed by atoms with Gasteiger partial charge in [-0.15, -0.1) is 0 Å². The van der Waals surface area contributed by atoms with Gasteiger partial charge in [-0.1, -0.05) is 69.5 Å². The topological polar surface area (TPSA) is 62.1 Å². The van der Waals surface area contributed by atoms with Crippen molar-refractivity contribution >= 4 is 45.2 Å². The van der Waals surface area contributed by atoms with Crippen molar-refractivity contribution in [2.75, 3.05) is 5.32 Å². The van der Waals surface area contributed by atoms with Crippen LogP contribution in [0.5, 0.6) is 5.75 Å². The van der Waals surface area contributed by atoms with E-state index in [1.54, 1.807) is 36.4 Å². The molecular formula is C24H18BrClN2O2. The van der Waals surface area contributed by atoms with Crippen molar-refractivity contribution in [1.82, 2.24) is 0 Å². The zero-order chi connectivity index (χ0) is 21.5. The van der Waals surface area contributed by atoms with Crippen LogP contribution in [0.4, 0.5) is 5.69 Å². The molecule has 0 aliphatic heterocycles. The summed E-state index contributed by atoms with van der Waals surface area (Å²) in [5, 5.41) is 12.6. The molecule has 0 aliphatic carbocycles. The van der Waals surface area contributed by atoms with Crippen LogP contribution in [0, 0.1) is 18.3 Å². The maximum atomic E-state index is 12.6. The van der Waals surface area contributed by atoms with E-state index in [1.807, 2.05) is 43.3 Å². The molecule has 0 unspecified atom stereocenters. The molecule has 0 radical (unpaired) electrons. The molecule has 0 heterocycles. The highest BCUT2D eigenvalue weighted by molar-refractivity contribution is 9.10. The van der Waals surface area contributed by atoms with Crippen molar-refractivity contribution in [2.45, 2.75) is 13.5 Å². The Morgan fingerprint density at radius 1 is 1.17 bits per heavy atom. The Kier molecular flexibility index (Phi) is 7.29. The number of amides is 1. The fourth-order valence-electron chi connectivity index (χ4n) is 2.78. The predicted octanol–water partition coefficient (Wildman–Crippen LogP) is 6.54. The van der Waals surface area contributed by atoms with Gasteiger partial charge >= 0.3 is 0 Å². The molecule has 3 aromatic rings. The van der Waals surface area contributed by atoms with Gasteiger partial charge in [0, 0.05) is 10.0 Å². The van der Waals surface area contributed by atoms with Gasteiger partial charge in [-0.3, -0.25) is 4.79 Å². The number of ether oxygens (including phenoxy) is 1. The molecule has 0 spiro atoms. The molecule has 0 aromatic heterocycles.